The zero-order valence-electron chi connectivity index (χ0n) is 32.5. The fourth-order valence-corrected chi connectivity index (χ4v) is 9.36. The molecule has 3 heterocycles. The highest BCUT2D eigenvalue weighted by molar-refractivity contribution is 6.12. The van der Waals surface area contributed by atoms with E-state index in [9.17, 15) is 0 Å². The smallest absolute Gasteiger partial charge is 0.164 e. The van der Waals surface area contributed by atoms with E-state index in [0.29, 0.717) is 17.5 Å². The van der Waals surface area contributed by atoms with Crippen molar-refractivity contribution in [3.63, 3.8) is 0 Å². The van der Waals surface area contributed by atoms with Crippen molar-refractivity contribution in [2.24, 2.45) is 0 Å². The Morgan fingerprint density at radius 3 is 1.85 bits per heavy atom. The van der Waals surface area contributed by atoms with Crippen LogP contribution in [0, 0.1) is 0 Å². The minimum Gasteiger partial charge on any atom is -0.455 e. The summed E-state index contributed by atoms with van der Waals surface area (Å²) in [5, 5.41) is 4.61. The van der Waals surface area contributed by atoms with E-state index in [1.165, 1.54) is 38.5 Å². The SMILES string of the molecule is CC1(C)c2ccccc2-c2cc3c(cc21)c1ccccc1n3-c1cccc(-c2nc(-c3ccccc3)nc(-c3ccc4c(c3)oc3c(-c5ccccc5)cccc34)n2)c1. The van der Waals surface area contributed by atoms with Gasteiger partial charge in [-0.05, 0) is 70.3 Å². The molecule has 0 atom stereocenters. The van der Waals surface area contributed by atoms with Crippen molar-refractivity contribution in [1.29, 1.82) is 0 Å². The molecule has 12 rings (SSSR count). The molecule has 0 fully saturated rings. The van der Waals surface area contributed by atoms with Gasteiger partial charge in [-0.25, -0.2) is 15.0 Å². The van der Waals surface area contributed by atoms with Crippen molar-refractivity contribution in [2.75, 3.05) is 0 Å². The average Bonchev–Trinajstić information content (AvgIpc) is 3.91. The van der Waals surface area contributed by atoms with Crippen molar-refractivity contribution >= 4 is 43.7 Å². The minimum atomic E-state index is -0.0872. The summed E-state index contributed by atoms with van der Waals surface area (Å²) < 4.78 is 9.03. The number of para-hydroxylation sites is 2. The highest BCUT2D eigenvalue weighted by Gasteiger charge is 2.36. The lowest BCUT2D eigenvalue weighted by Gasteiger charge is -2.21. The van der Waals surface area contributed by atoms with Gasteiger partial charge in [-0.1, -0.05) is 153 Å². The van der Waals surface area contributed by atoms with Gasteiger partial charge in [-0.2, -0.15) is 0 Å². The Morgan fingerprint density at radius 1 is 0.407 bits per heavy atom. The summed E-state index contributed by atoms with van der Waals surface area (Å²) >= 11 is 0. The predicted molar refractivity (Wildman–Crippen MR) is 241 cm³/mol. The summed E-state index contributed by atoms with van der Waals surface area (Å²) in [4.78, 5) is 15.4. The van der Waals surface area contributed by atoms with E-state index in [2.05, 4.69) is 164 Å². The summed E-state index contributed by atoms with van der Waals surface area (Å²) in [6.45, 7) is 4.69. The van der Waals surface area contributed by atoms with Crippen LogP contribution in [-0.2, 0) is 5.41 Å². The van der Waals surface area contributed by atoms with Crippen LogP contribution in [0.1, 0.15) is 25.0 Å². The number of rotatable bonds is 5. The Labute approximate surface area is 340 Å². The number of aromatic nitrogens is 4. The molecule has 0 unspecified atom stereocenters. The van der Waals surface area contributed by atoms with Crippen molar-refractivity contribution < 1.29 is 4.42 Å². The number of nitrogens with zero attached hydrogens (tertiary/aromatic N) is 4. The largest absolute Gasteiger partial charge is 0.455 e. The van der Waals surface area contributed by atoms with Gasteiger partial charge in [-0.15, -0.1) is 0 Å². The molecule has 0 amide bonds. The number of benzene rings is 8. The van der Waals surface area contributed by atoms with Crippen LogP contribution in [0.15, 0.2) is 186 Å². The standard InChI is InChI=1S/C54H36N4O/c1-54(2)45-25-11-9-21-39(45)43-32-48-44(31-46(43)54)40-22-10-12-26-47(40)58(48)37-20-13-19-35(29-37)52-55-51(34-17-7-4-8-18-34)56-53(57-52)36-27-28-41-42-24-14-23-38(33-15-5-3-6-16-33)50(42)59-49(41)30-36/h3-32H,1-2H3. The first-order valence-corrected chi connectivity index (χ1v) is 20.1. The fraction of sp³-hybridized carbons (Fsp3) is 0.0556. The second kappa shape index (κ2) is 12.7. The first-order chi connectivity index (χ1) is 29.0. The van der Waals surface area contributed by atoms with Crippen molar-refractivity contribution in [2.45, 2.75) is 19.3 Å². The maximum absolute atomic E-state index is 6.64. The maximum Gasteiger partial charge on any atom is 0.164 e. The molecule has 11 aromatic rings. The Bertz CT molecular complexity index is 3470. The normalized spacial score (nSPS) is 13.1. The van der Waals surface area contributed by atoms with Crippen LogP contribution in [0.5, 0.6) is 0 Å². The molecule has 3 aromatic heterocycles. The second-order valence-electron chi connectivity index (χ2n) is 16.0. The van der Waals surface area contributed by atoms with E-state index >= 15 is 0 Å². The van der Waals surface area contributed by atoms with Gasteiger partial charge in [0.25, 0.3) is 0 Å². The third-order valence-electron chi connectivity index (χ3n) is 12.2. The van der Waals surface area contributed by atoms with Gasteiger partial charge >= 0.3 is 0 Å². The van der Waals surface area contributed by atoms with E-state index in [-0.39, 0.29) is 5.41 Å². The Morgan fingerprint density at radius 2 is 1.03 bits per heavy atom. The summed E-state index contributed by atoms with van der Waals surface area (Å²) in [6.07, 6.45) is 0. The second-order valence-corrected chi connectivity index (χ2v) is 16.0. The maximum atomic E-state index is 6.64. The third kappa shape index (κ3) is 5.14. The van der Waals surface area contributed by atoms with Crippen LogP contribution in [-0.4, -0.2) is 19.5 Å². The fourth-order valence-electron chi connectivity index (χ4n) is 9.36. The van der Waals surface area contributed by atoms with Gasteiger partial charge in [0.1, 0.15) is 11.2 Å². The first kappa shape index (κ1) is 33.5. The molecule has 5 nitrogen and oxygen atoms in total. The van der Waals surface area contributed by atoms with Crippen LogP contribution in [0.3, 0.4) is 0 Å². The highest BCUT2D eigenvalue weighted by Crippen LogP contribution is 2.51. The van der Waals surface area contributed by atoms with Crippen LogP contribution in [0.25, 0.3) is 106 Å². The third-order valence-corrected chi connectivity index (χ3v) is 12.2. The lowest BCUT2D eigenvalue weighted by atomic mass is 9.82. The molecule has 0 radical (unpaired) electrons. The van der Waals surface area contributed by atoms with Gasteiger partial charge in [-0.3, -0.25) is 0 Å². The molecule has 1 aliphatic rings. The summed E-state index contributed by atoms with van der Waals surface area (Å²) in [7, 11) is 0. The van der Waals surface area contributed by atoms with Crippen LogP contribution in [0.4, 0.5) is 0 Å². The highest BCUT2D eigenvalue weighted by atomic mass is 16.3. The Balaban J connectivity index is 1.03. The molecule has 0 saturated heterocycles. The van der Waals surface area contributed by atoms with E-state index in [4.69, 9.17) is 19.4 Å². The first-order valence-electron chi connectivity index (χ1n) is 20.1. The minimum absolute atomic E-state index is 0.0872. The molecular formula is C54H36N4O. The zero-order chi connectivity index (χ0) is 39.2. The van der Waals surface area contributed by atoms with Gasteiger partial charge in [0.15, 0.2) is 17.5 Å². The molecule has 1 aliphatic carbocycles. The quantitative estimate of drug-likeness (QED) is 0.175. The Hall–Kier alpha value is -7.63. The van der Waals surface area contributed by atoms with E-state index in [1.807, 2.05) is 36.4 Å². The van der Waals surface area contributed by atoms with Crippen LogP contribution >= 0.6 is 0 Å². The molecule has 278 valence electrons. The summed E-state index contributed by atoms with van der Waals surface area (Å²) in [6, 6.07) is 64.1. The molecule has 0 N–H and O–H groups in total. The molecule has 8 aromatic carbocycles. The topological polar surface area (TPSA) is 56.7 Å². The lowest BCUT2D eigenvalue weighted by Crippen LogP contribution is -2.14. The van der Waals surface area contributed by atoms with Crippen LogP contribution in [0.2, 0.25) is 0 Å². The predicted octanol–water partition coefficient (Wildman–Crippen LogP) is 13.8. The summed E-state index contributed by atoms with van der Waals surface area (Å²) in [5.74, 6) is 1.79. The number of fused-ring (bicyclic) bond motifs is 9. The molecule has 0 saturated carbocycles. The van der Waals surface area contributed by atoms with E-state index in [0.717, 1.165) is 61.0 Å². The van der Waals surface area contributed by atoms with Crippen molar-refractivity contribution in [1.82, 2.24) is 19.5 Å². The molecule has 59 heavy (non-hydrogen) atoms. The number of furan rings is 1. The van der Waals surface area contributed by atoms with Gasteiger partial charge in [0.2, 0.25) is 0 Å². The average molecular weight is 757 g/mol. The van der Waals surface area contributed by atoms with Gasteiger partial charge < -0.3 is 8.98 Å². The van der Waals surface area contributed by atoms with Gasteiger partial charge in [0.05, 0.1) is 11.0 Å². The lowest BCUT2D eigenvalue weighted by molar-refractivity contribution is 0.661. The van der Waals surface area contributed by atoms with Crippen LogP contribution < -0.4 is 0 Å². The molecule has 0 spiro atoms. The molecule has 5 heteroatoms. The number of hydrogen-bond acceptors (Lipinski definition) is 4. The van der Waals surface area contributed by atoms with E-state index < -0.39 is 0 Å². The van der Waals surface area contributed by atoms with Crippen molar-refractivity contribution in [3.05, 3.63) is 193 Å². The Kier molecular flexibility index (Phi) is 7.20. The zero-order valence-corrected chi connectivity index (χ0v) is 32.5. The molecular weight excluding hydrogens is 721 g/mol. The molecule has 0 aliphatic heterocycles. The monoisotopic (exact) mass is 756 g/mol. The van der Waals surface area contributed by atoms with E-state index in [1.54, 1.807) is 0 Å². The number of hydrogen-bond donors (Lipinski definition) is 0. The van der Waals surface area contributed by atoms with Gasteiger partial charge in [0, 0.05) is 54.9 Å². The molecule has 0 bridgehead atoms. The van der Waals surface area contributed by atoms with Crippen molar-refractivity contribution in [3.8, 4) is 62.1 Å². The summed E-state index contributed by atoms with van der Waals surface area (Å²) in [5.41, 5.74) is 15.1.